The van der Waals surface area contributed by atoms with Gasteiger partial charge in [-0.25, -0.2) is 0 Å². The summed E-state index contributed by atoms with van der Waals surface area (Å²) in [6, 6.07) is 13.7. The monoisotopic (exact) mass is 351 g/mol. The molecule has 1 aromatic heterocycles. The van der Waals surface area contributed by atoms with Gasteiger partial charge in [-0.15, -0.1) is 0 Å². The van der Waals surface area contributed by atoms with Crippen LogP contribution in [0.1, 0.15) is 22.3 Å². The quantitative estimate of drug-likeness (QED) is 0.912. The number of benzene rings is 1. The van der Waals surface area contributed by atoms with Crippen molar-refractivity contribution in [1.29, 1.82) is 0 Å². The smallest absolute Gasteiger partial charge is 0.255 e. The van der Waals surface area contributed by atoms with Gasteiger partial charge < -0.3 is 14.8 Å². The van der Waals surface area contributed by atoms with Crippen molar-refractivity contribution in [2.24, 2.45) is 18.4 Å². The highest BCUT2D eigenvalue weighted by Gasteiger charge is 2.50. The molecule has 2 fully saturated rings. The summed E-state index contributed by atoms with van der Waals surface area (Å²) in [4.78, 5) is 26.5. The average molecular weight is 351 g/mol. The Balaban J connectivity index is 1.50. The molecule has 2 unspecified atom stereocenters. The number of carbonyl (C=O) groups excluding carboxylic acids is 1. The number of fused-ring (bicyclic) bond motifs is 1. The van der Waals surface area contributed by atoms with E-state index in [1.54, 1.807) is 19.3 Å². The van der Waals surface area contributed by atoms with Gasteiger partial charge in [0.2, 0.25) is 5.56 Å². The maximum absolute atomic E-state index is 12.9. The molecule has 2 aliphatic heterocycles. The fourth-order valence-corrected chi connectivity index (χ4v) is 4.48. The van der Waals surface area contributed by atoms with E-state index in [4.69, 9.17) is 0 Å². The van der Waals surface area contributed by atoms with E-state index in [0.717, 1.165) is 39.0 Å². The predicted molar refractivity (Wildman–Crippen MR) is 101 cm³/mol. The van der Waals surface area contributed by atoms with Gasteiger partial charge in [0.1, 0.15) is 0 Å². The molecule has 5 heteroatoms. The highest BCUT2D eigenvalue weighted by molar-refractivity contribution is 5.94. The lowest BCUT2D eigenvalue weighted by atomic mass is 9.76. The minimum Gasteiger partial charge on any atom is -0.338 e. The Morgan fingerprint density at radius 1 is 1.23 bits per heavy atom. The Bertz CT molecular complexity index is 861. The van der Waals surface area contributed by atoms with Gasteiger partial charge in [0, 0.05) is 50.9 Å². The van der Waals surface area contributed by atoms with Gasteiger partial charge in [-0.05, 0) is 30.4 Å². The number of nitrogens with one attached hydrogen (secondary N) is 1. The third-order valence-electron chi connectivity index (χ3n) is 6.05. The van der Waals surface area contributed by atoms with Crippen molar-refractivity contribution < 1.29 is 4.79 Å². The van der Waals surface area contributed by atoms with E-state index in [2.05, 4.69) is 29.6 Å². The van der Waals surface area contributed by atoms with Crippen molar-refractivity contribution >= 4 is 5.91 Å². The van der Waals surface area contributed by atoms with Crippen molar-refractivity contribution in [3.05, 3.63) is 70.1 Å². The molecule has 2 saturated heterocycles. The van der Waals surface area contributed by atoms with E-state index >= 15 is 0 Å². The normalized spacial score (nSPS) is 24.7. The Hall–Kier alpha value is -2.40. The molecular formula is C21H25N3O2. The summed E-state index contributed by atoms with van der Waals surface area (Å²) in [5.74, 6) is 0.539. The zero-order chi connectivity index (χ0) is 18.1. The number of likely N-dealkylation sites (tertiary alicyclic amines) is 1. The van der Waals surface area contributed by atoms with Gasteiger partial charge in [0.05, 0.1) is 5.56 Å². The van der Waals surface area contributed by atoms with Crippen LogP contribution in [0.2, 0.25) is 0 Å². The van der Waals surface area contributed by atoms with Crippen LogP contribution < -0.4 is 10.9 Å². The SMILES string of the molecule is Cn1cc(C(=O)N2CC3CNCC3(CCc3ccccc3)C2)ccc1=O. The molecule has 2 aromatic rings. The standard InChI is InChI=1S/C21H25N3O2/c1-23-12-17(7-8-19(23)25)20(26)24-13-18-11-22-14-21(18,15-24)10-9-16-5-3-2-4-6-16/h2-8,12,18,22H,9-11,13-15H2,1H3. The second-order valence-electron chi connectivity index (χ2n) is 7.73. The Morgan fingerprint density at radius 2 is 2.04 bits per heavy atom. The van der Waals surface area contributed by atoms with Gasteiger partial charge in [-0.1, -0.05) is 30.3 Å². The number of hydrogen-bond donors (Lipinski definition) is 1. The molecule has 1 aromatic carbocycles. The van der Waals surface area contributed by atoms with Crippen molar-refractivity contribution in [2.45, 2.75) is 12.8 Å². The molecule has 0 radical (unpaired) electrons. The lowest BCUT2D eigenvalue weighted by molar-refractivity contribution is 0.0768. The topological polar surface area (TPSA) is 54.3 Å². The van der Waals surface area contributed by atoms with Crippen molar-refractivity contribution in [3.8, 4) is 0 Å². The highest BCUT2D eigenvalue weighted by Crippen LogP contribution is 2.43. The van der Waals surface area contributed by atoms with E-state index in [1.807, 2.05) is 11.0 Å². The second kappa shape index (κ2) is 6.72. The molecule has 1 N–H and O–H groups in total. The van der Waals surface area contributed by atoms with Crippen LogP contribution in [0.25, 0.3) is 0 Å². The number of rotatable bonds is 4. The van der Waals surface area contributed by atoms with E-state index in [0.29, 0.717) is 11.5 Å². The summed E-state index contributed by atoms with van der Waals surface area (Å²) in [5.41, 5.74) is 2.02. The fraction of sp³-hybridized carbons (Fsp3) is 0.429. The second-order valence-corrected chi connectivity index (χ2v) is 7.73. The van der Waals surface area contributed by atoms with Crippen LogP contribution in [0.4, 0.5) is 0 Å². The average Bonchev–Trinajstić information content (AvgIpc) is 3.20. The van der Waals surface area contributed by atoms with E-state index in [9.17, 15) is 9.59 Å². The minimum absolute atomic E-state index is 0.0362. The summed E-state index contributed by atoms with van der Waals surface area (Å²) >= 11 is 0. The highest BCUT2D eigenvalue weighted by atomic mass is 16.2. The molecule has 5 nitrogen and oxygen atoms in total. The summed E-state index contributed by atoms with van der Waals surface area (Å²) in [6.45, 7) is 3.54. The lowest BCUT2D eigenvalue weighted by Gasteiger charge is -2.28. The van der Waals surface area contributed by atoms with Crippen LogP contribution in [0, 0.1) is 11.3 Å². The van der Waals surface area contributed by atoms with Crippen LogP contribution >= 0.6 is 0 Å². The zero-order valence-corrected chi connectivity index (χ0v) is 15.1. The number of aryl methyl sites for hydroxylation is 2. The van der Waals surface area contributed by atoms with Crippen LogP contribution in [0.5, 0.6) is 0 Å². The molecule has 26 heavy (non-hydrogen) atoms. The molecule has 2 atom stereocenters. The maximum Gasteiger partial charge on any atom is 0.255 e. The van der Waals surface area contributed by atoms with Crippen LogP contribution in [-0.4, -0.2) is 41.6 Å². The van der Waals surface area contributed by atoms with E-state index in [1.165, 1.54) is 16.2 Å². The molecule has 2 aliphatic rings. The molecule has 3 heterocycles. The summed E-state index contributed by atoms with van der Waals surface area (Å²) in [5, 5.41) is 3.53. The zero-order valence-electron chi connectivity index (χ0n) is 15.1. The first-order valence-corrected chi connectivity index (χ1v) is 9.28. The van der Waals surface area contributed by atoms with Gasteiger partial charge in [-0.2, -0.15) is 0 Å². The Morgan fingerprint density at radius 3 is 2.81 bits per heavy atom. The first kappa shape index (κ1) is 17.0. The molecule has 136 valence electrons. The number of hydrogen-bond acceptors (Lipinski definition) is 3. The molecule has 0 bridgehead atoms. The predicted octanol–water partition coefficient (Wildman–Crippen LogP) is 1.68. The molecule has 0 spiro atoms. The lowest BCUT2D eigenvalue weighted by Crippen LogP contribution is -2.36. The molecule has 0 aliphatic carbocycles. The molecule has 4 rings (SSSR count). The molecule has 1 amide bonds. The van der Waals surface area contributed by atoms with Crippen molar-refractivity contribution in [3.63, 3.8) is 0 Å². The first-order valence-electron chi connectivity index (χ1n) is 9.28. The van der Waals surface area contributed by atoms with Crippen molar-refractivity contribution in [2.75, 3.05) is 26.2 Å². The third kappa shape index (κ3) is 3.07. The van der Waals surface area contributed by atoms with Crippen LogP contribution in [0.3, 0.4) is 0 Å². The number of nitrogens with zero attached hydrogens (tertiary/aromatic N) is 2. The number of amides is 1. The fourth-order valence-electron chi connectivity index (χ4n) is 4.48. The van der Waals surface area contributed by atoms with Crippen LogP contribution in [0.15, 0.2) is 53.5 Å². The molecular weight excluding hydrogens is 326 g/mol. The maximum atomic E-state index is 12.9. The summed E-state index contributed by atoms with van der Waals surface area (Å²) in [6.07, 6.45) is 3.78. The summed E-state index contributed by atoms with van der Waals surface area (Å²) in [7, 11) is 1.68. The number of pyridine rings is 1. The minimum atomic E-state index is -0.0941. The van der Waals surface area contributed by atoms with Crippen LogP contribution in [-0.2, 0) is 13.5 Å². The number of aromatic nitrogens is 1. The molecule has 0 saturated carbocycles. The number of carbonyl (C=O) groups is 1. The first-order chi connectivity index (χ1) is 12.6. The third-order valence-corrected chi connectivity index (χ3v) is 6.05. The Labute approximate surface area is 153 Å². The van der Waals surface area contributed by atoms with Gasteiger partial charge in [-0.3, -0.25) is 9.59 Å². The Kier molecular flexibility index (Phi) is 4.41. The van der Waals surface area contributed by atoms with E-state index in [-0.39, 0.29) is 16.9 Å². The van der Waals surface area contributed by atoms with Gasteiger partial charge in [0.15, 0.2) is 0 Å². The van der Waals surface area contributed by atoms with Gasteiger partial charge in [0.25, 0.3) is 5.91 Å². The van der Waals surface area contributed by atoms with E-state index < -0.39 is 0 Å². The summed E-state index contributed by atoms with van der Waals surface area (Å²) < 4.78 is 1.47. The van der Waals surface area contributed by atoms with Crippen molar-refractivity contribution in [1.82, 2.24) is 14.8 Å². The van der Waals surface area contributed by atoms with Gasteiger partial charge >= 0.3 is 0 Å². The largest absolute Gasteiger partial charge is 0.338 e.